The third-order valence-electron chi connectivity index (χ3n) is 6.37. The molecule has 0 unspecified atom stereocenters. The number of carbonyl (C=O) groups is 2. The first kappa shape index (κ1) is 27.1. The van der Waals surface area contributed by atoms with Crippen molar-refractivity contribution in [3.05, 3.63) is 71.3 Å². The average Bonchev–Trinajstić information content (AvgIpc) is 3.51. The van der Waals surface area contributed by atoms with E-state index in [-0.39, 0.29) is 44.9 Å². The van der Waals surface area contributed by atoms with Crippen molar-refractivity contribution in [2.24, 2.45) is 5.73 Å². The van der Waals surface area contributed by atoms with Gasteiger partial charge in [0.1, 0.15) is 29.8 Å². The number of alkyl halides is 3. The van der Waals surface area contributed by atoms with Crippen molar-refractivity contribution < 1.29 is 36.0 Å². The molecule has 2 aromatic heterocycles. The van der Waals surface area contributed by atoms with Crippen LogP contribution in [0, 0.1) is 11.6 Å². The summed E-state index contributed by atoms with van der Waals surface area (Å²) in [5.41, 5.74) is 4.93. The summed E-state index contributed by atoms with van der Waals surface area (Å²) in [5.74, 6) is -3.05. The second kappa shape index (κ2) is 9.90. The van der Waals surface area contributed by atoms with Crippen LogP contribution in [0.3, 0.4) is 0 Å². The summed E-state index contributed by atoms with van der Waals surface area (Å²) < 4.78 is 73.4. The maximum Gasteiger partial charge on any atom is 0.405 e. The highest BCUT2D eigenvalue weighted by molar-refractivity contribution is 6.11. The number of aromatic nitrogens is 1. The van der Waals surface area contributed by atoms with Gasteiger partial charge in [-0.3, -0.25) is 9.59 Å². The number of nitrogens with zero attached hydrogens (tertiary/aromatic N) is 1. The van der Waals surface area contributed by atoms with Crippen LogP contribution in [-0.4, -0.2) is 42.2 Å². The van der Waals surface area contributed by atoms with Crippen LogP contribution in [0.25, 0.3) is 33.6 Å². The first-order chi connectivity index (χ1) is 18.9. The third-order valence-corrected chi connectivity index (χ3v) is 6.37. The molecule has 1 fully saturated rings. The van der Waals surface area contributed by atoms with E-state index in [9.17, 15) is 31.5 Å². The van der Waals surface area contributed by atoms with E-state index >= 15 is 0 Å². The number of hydrogen-bond acceptors (Lipinski definition) is 6. The maximum absolute atomic E-state index is 14.6. The van der Waals surface area contributed by atoms with Crippen molar-refractivity contribution in [2.75, 3.05) is 18.9 Å². The highest BCUT2D eigenvalue weighted by atomic mass is 19.4. The summed E-state index contributed by atoms with van der Waals surface area (Å²) in [6.07, 6.45) is -3.58. The summed E-state index contributed by atoms with van der Waals surface area (Å²) >= 11 is 0. The Kier molecular flexibility index (Phi) is 6.70. The number of nitrogens with one attached hydrogen (secondary N) is 3. The van der Waals surface area contributed by atoms with E-state index in [1.807, 2.05) is 0 Å². The fraction of sp³-hybridized carbons (Fsp3) is 0.222. The quantitative estimate of drug-likeness (QED) is 0.188. The van der Waals surface area contributed by atoms with Crippen LogP contribution < -0.4 is 21.7 Å². The van der Waals surface area contributed by atoms with E-state index < -0.39 is 41.8 Å². The molecule has 2 heterocycles. The first-order valence-electron chi connectivity index (χ1n) is 12.0. The van der Waals surface area contributed by atoms with Gasteiger partial charge in [0.2, 0.25) is 5.71 Å². The maximum atomic E-state index is 14.6. The van der Waals surface area contributed by atoms with Crippen molar-refractivity contribution in [2.45, 2.75) is 24.7 Å². The van der Waals surface area contributed by atoms with Crippen LogP contribution in [0.4, 0.5) is 27.8 Å². The summed E-state index contributed by atoms with van der Waals surface area (Å²) in [4.78, 5) is 29.9. The molecule has 1 saturated carbocycles. The molecule has 0 saturated heterocycles. The van der Waals surface area contributed by atoms with Gasteiger partial charge >= 0.3 is 6.18 Å². The zero-order chi connectivity index (χ0) is 28.8. The number of amides is 2. The molecule has 5 rings (SSSR count). The van der Waals surface area contributed by atoms with E-state index in [4.69, 9.17) is 10.2 Å². The summed E-state index contributed by atoms with van der Waals surface area (Å²) in [6, 6.07) is 9.85. The molecule has 2 amide bonds. The van der Waals surface area contributed by atoms with Crippen LogP contribution in [0.15, 0.2) is 52.9 Å². The monoisotopic (exact) mass is 559 g/mol. The minimum Gasteiger partial charge on any atom is -0.437 e. The van der Waals surface area contributed by atoms with Crippen LogP contribution in [0.1, 0.15) is 33.6 Å². The fourth-order valence-electron chi connectivity index (χ4n) is 4.14. The molecule has 2 aromatic carbocycles. The number of rotatable bonds is 7. The number of pyridine rings is 1. The second-order valence-electron chi connectivity index (χ2n) is 9.40. The van der Waals surface area contributed by atoms with Crippen molar-refractivity contribution in [1.82, 2.24) is 15.6 Å². The van der Waals surface area contributed by atoms with Gasteiger partial charge in [0.25, 0.3) is 11.8 Å². The van der Waals surface area contributed by atoms with Gasteiger partial charge in [0.15, 0.2) is 0 Å². The molecule has 208 valence electrons. The number of benzene rings is 2. The van der Waals surface area contributed by atoms with Gasteiger partial charge in [-0.25, -0.2) is 8.78 Å². The lowest BCUT2D eigenvalue weighted by Crippen LogP contribution is -2.44. The van der Waals surface area contributed by atoms with Gasteiger partial charge in [0, 0.05) is 18.2 Å². The molecular weight excluding hydrogens is 537 g/mol. The zero-order valence-corrected chi connectivity index (χ0v) is 20.9. The normalized spacial score (nSPS) is 14.2. The van der Waals surface area contributed by atoms with Crippen LogP contribution >= 0.6 is 0 Å². The molecule has 5 N–H and O–H groups in total. The largest absolute Gasteiger partial charge is 0.437 e. The Morgan fingerprint density at radius 1 is 1.02 bits per heavy atom. The van der Waals surface area contributed by atoms with Gasteiger partial charge < -0.3 is 26.1 Å². The van der Waals surface area contributed by atoms with Crippen molar-refractivity contribution >= 4 is 28.7 Å². The van der Waals surface area contributed by atoms with Crippen molar-refractivity contribution in [3.63, 3.8) is 0 Å². The van der Waals surface area contributed by atoms with Gasteiger partial charge in [-0.1, -0.05) is 6.07 Å². The van der Waals surface area contributed by atoms with Crippen LogP contribution in [-0.2, 0) is 0 Å². The lowest BCUT2D eigenvalue weighted by molar-refractivity contribution is -0.115. The molecule has 4 aromatic rings. The Morgan fingerprint density at radius 3 is 2.33 bits per heavy atom. The lowest BCUT2D eigenvalue weighted by Gasteiger charge is -2.15. The number of carbonyl (C=O) groups excluding carboxylic acids is 2. The molecule has 8 nitrogen and oxygen atoms in total. The number of fused-ring (bicyclic) bond motifs is 1. The zero-order valence-electron chi connectivity index (χ0n) is 20.9. The number of halogens is 5. The standard InChI is InChI=1S/C27H22F5N5O3/c1-34-24(39)20-18-11-16(14-4-7-19(29)17(10-14)23(38)37-26(33)8-9-26)22(35-12-27(30,31)32)36-25(18)40-21(20)13-2-5-15(28)6-3-13/h2-7,10-11H,8-9,12,33H2,1H3,(H,34,39)(H,35,36)(H,37,38). The number of nitrogens with two attached hydrogens (primary N) is 1. The van der Waals surface area contributed by atoms with Gasteiger partial charge in [-0.2, -0.15) is 18.2 Å². The lowest BCUT2D eigenvalue weighted by atomic mass is 9.99. The van der Waals surface area contributed by atoms with E-state index in [2.05, 4.69) is 20.9 Å². The summed E-state index contributed by atoms with van der Waals surface area (Å²) in [5, 5.41) is 7.36. The second-order valence-corrected chi connectivity index (χ2v) is 9.40. The van der Waals surface area contributed by atoms with Crippen molar-refractivity contribution in [3.8, 4) is 22.5 Å². The molecule has 0 spiro atoms. The highest BCUT2D eigenvalue weighted by Crippen LogP contribution is 2.39. The minimum absolute atomic E-state index is 0.000820. The molecule has 0 radical (unpaired) electrons. The van der Waals surface area contributed by atoms with E-state index in [1.165, 1.54) is 37.4 Å². The molecule has 1 aliphatic carbocycles. The Morgan fingerprint density at radius 2 is 1.70 bits per heavy atom. The molecule has 0 atom stereocenters. The Hall–Kier alpha value is -4.52. The number of furan rings is 1. The summed E-state index contributed by atoms with van der Waals surface area (Å²) in [6.45, 7) is -1.46. The Balaban J connectivity index is 1.70. The Bertz CT molecular complexity index is 1630. The minimum atomic E-state index is -4.61. The van der Waals surface area contributed by atoms with Crippen LogP contribution in [0.5, 0.6) is 0 Å². The summed E-state index contributed by atoms with van der Waals surface area (Å²) in [7, 11) is 1.37. The third kappa shape index (κ3) is 5.45. The number of anilines is 1. The van der Waals surface area contributed by atoms with Gasteiger partial charge in [0.05, 0.1) is 22.2 Å². The Labute approximate surface area is 223 Å². The molecule has 40 heavy (non-hydrogen) atoms. The molecule has 0 aliphatic heterocycles. The average molecular weight is 559 g/mol. The molecule has 1 aliphatic rings. The number of hydrogen-bond donors (Lipinski definition) is 4. The van der Waals surface area contributed by atoms with Crippen LogP contribution in [0.2, 0.25) is 0 Å². The topological polar surface area (TPSA) is 122 Å². The molecular formula is C27H22F5N5O3. The first-order valence-corrected chi connectivity index (χ1v) is 12.0. The van der Waals surface area contributed by atoms with E-state index in [0.29, 0.717) is 18.4 Å². The van der Waals surface area contributed by atoms with E-state index in [0.717, 1.165) is 18.2 Å². The van der Waals surface area contributed by atoms with E-state index in [1.54, 1.807) is 0 Å². The van der Waals surface area contributed by atoms with Crippen molar-refractivity contribution in [1.29, 1.82) is 0 Å². The molecule has 0 bridgehead atoms. The highest BCUT2D eigenvalue weighted by Gasteiger charge is 2.40. The van der Waals surface area contributed by atoms with Gasteiger partial charge in [-0.05, 0) is 60.9 Å². The molecule has 13 heteroatoms. The fourth-order valence-corrected chi connectivity index (χ4v) is 4.14. The predicted molar refractivity (Wildman–Crippen MR) is 136 cm³/mol. The predicted octanol–water partition coefficient (Wildman–Crippen LogP) is 4.95. The van der Waals surface area contributed by atoms with Gasteiger partial charge in [-0.15, -0.1) is 0 Å². The smallest absolute Gasteiger partial charge is 0.405 e. The SMILES string of the molecule is CNC(=O)c1c(-c2ccc(F)cc2)oc2nc(NCC(F)(F)F)c(-c3ccc(F)c(C(=O)NC4(N)CC4)c3)cc12.